The summed E-state index contributed by atoms with van der Waals surface area (Å²) in [6.07, 6.45) is 4.67. The van der Waals surface area contributed by atoms with Gasteiger partial charge < -0.3 is 15.3 Å². The third-order valence-electron chi connectivity index (χ3n) is 6.56. The number of carbonyl (C=O) groups is 1. The Labute approximate surface area is 156 Å². The molecule has 0 atom stereocenters. The number of benzene rings is 1. The van der Waals surface area contributed by atoms with Gasteiger partial charge >= 0.3 is 5.97 Å². The lowest BCUT2D eigenvalue weighted by molar-refractivity contribution is -0.177. The van der Waals surface area contributed by atoms with E-state index in [9.17, 15) is 4.79 Å². The molecule has 1 heterocycles. The summed E-state index contributed by atoms with van der Waals surface area (Å²) in [7, 11) is 0. The van der Waals surface area contributed by atoms with Crippen LogP contribution in [0.1, 0.15) is 44.6 Å². The molecule has 26 heavy (non-hydrogen) atoms. The summed E-state index contributed by atoms with van der Waals surface area (Å²) in [6.45, 7) is 8.84. The van der Waals surface area contributed by atoms with Gasteiger partial charge in [0, 0.05) is 44.0 Å². The maximum Gasteiger partial charge on any atom is 0.303 e. The second-order valence-corrected chi connectivity index (χ2v) is 8.69. The van der Waals surface area contributed by atoms with E-state index in [1.165, 1.54) is 24.2 Å². The molecule has 0 amide bonds. The van der Waals surface area contributed by atoms with Gasteiger partial charge in [0.15, 0.2) is 0 Å². The maximum absolute atomic E-state index is 11.0. The Kier molecular flexibility index (Phi) is 4.70. The van der Waals surface area contributed by atoms with Crippen LogP contribution in [0.15, 0.2) is 24.3 Å². The van der Waals surface area contributed by atoms with Crippen LogP contribution in [0, 0.1) is 5.41 Å². The second kappa shape index (κ2) is 6.86. The summed E-state index contributed by atoms with van der Waals surface area (Å²) in [5, 5.41) is 12.8. The smallest absolute Gasteiger partial charge is 0.303 e. The summed E-state index contributed by atoms with van der Waals surface area (Å²) in [6, 6.07) is 8.75. The Bertz CT molecular complexity index is 647. The topological polar surface area (TPSA) is 55.8 Å². The summed E-state index contributed by atoms with van der Waals surface area (Å²) in [5.41, 5.74) is 3.05. The van der Waals surface area contributed by atoms with Gasteiger partial charge in [-0.05, 0) is 49.3 Å². The summed E-state index contributed by atoms with van der Waals surface area (Å²) in [5.74, 6) is -0.647. The van der Waals surface area contributed by atoms with Crippen LogP contribution >= 0.6 is 0 Å². The van der Waals surface area contributed by atoms with E-state index in [0.29, 0.717) is 6.42 Å². The number of para-hydroxylation sites is 1. The Morgan fingerprint density at radius 2 is 1.85 bits per heavy atom. The van der Waals surface area contributed by atoms with Crippen LogP contribution in [-0.4, -0.2) is 54.2 Å². The molecule has 5 rings (SSSR count). The lowest BCUT2D eigenvalue weighted by atomic mass is 9.38. The van der Waals surface area contributed by atoms with Gasteiger partial charge in [-0.2, -0.15) is 0 Å². The predicted molar refractivity (Wildman–Crippen MR) is 103 cm³/mol. The van der Waals surface area contributed by atoms with Crippen molar-refractivity contribution in [3.8, 4) is 0 Å². The number of anilines is 1. The van der Waals surface area contributed by atoms with E-state index in [1.807, 2.05) is 0 Å². The van der Waals surface area contributed by atoms with Crippen molar-refractivity contribution in [3.63, 3.8) is 0 Å². The van der Waals surface area contributed by atoms with Crippen molar-refractivity contribution in [1.29, 1.82) is 0 Å². The number of aliphatic carboxylic acids is 1. The highest BCUT2D eigenvalue weighted by atomic mass is 16.4. The molecule has 1 aliphatic heterocycles. The molecule has 2 bridgehead atoms. The van der Waals surface area contributed by atoms with E-state index < -0.39 is 5.97 Å². The van der Waals surface area contributed by atoms with Crippen molar-refractivity contribution in [2.45, 2.75) is 51.1 Å². The molecule has 0 spiro atoms. The first-order valence-corrected chi connectivity index (χ1v) is 10.1. The molecule has 1 aromatic carbocycles. The molecule has 5 nitrogen and oxygen atoms in total. The fourth-order valence-corrected chi connectivity index (χ4v) is 5.47. The fourth-order valence-electron chi connectivity index (χ4n) is 5.47. The Hall–Kier alpha value is -1.59. The highest BCUT2D eigenvalue weighted by molar-refractivity contribution is 5.69. The number of nitrogens with one attached hydrogen (secondary N) is 1. The SMILES string of the molecule is CCCN1CCN(c2ccccc2CNC23CC(CC(=O)O)(C2)C3)CC1. The lowest BCUT2D eigenvalue weighted by Gasteiger charge is -2.71. The van der Waals surface area contributed by atoms with Gasteiger partial charge in [0.2, 0.25) is 0 Å². The quantitative estimate of drug-likeness (QED) is 0.749. The zero-order chi connectivity index (χ0) is 18.2. The van der Waals surface area contributed by atoms with Crippen LogP contribution in [0.25, 0.3) is 0 Å². The molecule has 0 aromatic heterocycles. The zero-order valence-electron chi connectivity index (χ0n) is 15.8. The highest BCUT2D eigenvalue weighted by Gasteiger charge is 2.67. The monoisotopic (exact) mass is 357 g/mol. The van der Waals surface area contributed by atoms with E-state index in [0.717, 1.165) is 52.0 Å². The first-order valence-electron chi connectivity index (χ1n) is 10.1. The van der Waals surface area contributed by atoms with Crippen molar-refractivity contribution in [2.24, 2.45) is 5.41 Å². The van der Waals surface area contributed by atoms with E-state index in [2.05, 4.69) is 46.3 Å². The van der Waals surface area contributed by atoms with Gasteiger partial charge in [-0.25, -0.2) is 0 Å². The number of hydrogen-bond acceptors (Lipinski definition) is 4. The molecule has 4 aliphatic rings. The number of nitrogens with zero attached hydrogens (tertiary/aromatic N) is 2. The number of carboxylic acid groups (broad SMARTS) is 1. The van der Waals surface area contributed by atoms with Crippen molar-refractivity contribution in [3.05, 3.63) is 29.8 Å². The van der Waals surface area contributed by atoms with Gasteiger partial charge in [-0.15, -0.1) is 0 Å². The highest BCUT2D eigenvalue weighted by Crippen LogP contribution is 2.69. The van der Waals surface area contributed by atoms with E-state index in [4.69, 9.17) is 5.11 Å². The van der Waals surface area contributed by atoms with E-state index >= 15 is 0 Å². The molecule has 5 heteroatoms. The number of carboxylic acids is 1. The number of piperazine rings is 1. The largest absolute Gasteiger partial charge is 0.481 e. The van der Waals surface area contributed by atoms with E-state index in [-0.39, 0.29) is 11.0 Å². The van der Waals surface area contributed by atoms with Gasteiger partial charge in [0.05, 0.1) is 6.42 Å². The molecule has 1 aromatic rings. The van der Waals surface area contributed by atoms with Crippen molar-refractivity contribution >= 4 is 11.7 Å². The van der Waals surface area contributed by atoms with Crippen LogP contribution in [0.2, 0.25) is 0 Å². The first kappa shape index (κ1) is 17.8. The number of hydrogen-bond donors (Lipinski definition) is 2. The maximum atomic E-state index is 11.0. The Morgan fingerprint density at radius 3 is 2.50 bits per heavy atom. The first-order chi connectivity index (χ1) is 12.5. The minimum absolute atomic E-state index is 0.105. The van der Waals surface area contributed by atoms with Crippen LogP contribution in [0.4, 0.5) is 5.69 Å². The van der Waals surface area contributed by atoms with Crippen molar-refractivity contribution in [2.75, 3.05) is 37.6 Å². The number of rotatable bonds is 8. The molecule has 3 aliphatic carbocycles. The predicted octanol–water partition coefficient (Wildman–Crippen LogP) is 2.71. The van der Waals surface area contributed by atoms with Crippen molar-refractivity contribution < 1.29 is 9.90 Å². The van der Waals surface area contributed by atoms with Crippen molar-refractivity contribution in [1.82, 2.24) is 10.2 Å². The Morgan fingerprint density at radius 1 is 1.15 bits per heavy atom. The molecule has 0 radical (unpaired) electrons. The average Bonchev–Trinajstić information content (AvgIpc) is 2.57. The van der Waals surface area contributed by atoms with Gasteiger partial charge in [0.1, 0.15) is 0 Å². The van der Waals surface area contributed by atoms with Crippen LogP contribution < -0.4 is 10.2 Å². The molecule has 0 unspecified atom stereocenters. The lowest BCUT2D eigenvalue weighted by Crippen LogP contribution is -2.73. The molecule has 1 saturated heterocycles. The zero-order valence-corrected chi connectivity index (χ0v) is 15.8. The van der Waals surface area contributed by atoms with Crippen LogP contribution in [-0.2, 0) is 11.3 Å². The minimum atomic E-state index is -0.647. The molecular weight excluding hydrogens is 326 g/mol. The Balaban J connectivity index is 1.33. The summed E-state index contributed by atoms with van der Waals surface area (Å²) < 4.78 is 0. The molecule has 142 valence electrons. The molecular formula is C21H31N3O2. The normalized spacial score (nSPS) is 30.6. The van der Waals surface area contributed by atoms with E-state index in [1.54, 1.807) is 0 Å². The second-order valence-electron chi connectivity index (χ2n) is 8.69. The average molecular weight is 357 g/mol. The van der Waals surface area contributed by atoms with Crippen LogP contribution in [0.5, 0.6) is 0 Å². The van der Waals surface area contributed by atoms with Gasteiger partial charge in [-0.1, -0.05) is 25.1 Å². The summed E-state index contributed by atoms with van der Waals surface area (Å²) in [4.78, 5) is 16.1. The molecule has 3 saturated carbocycles. The molecule has 2 N–H and O–H groups in total. The van der Waals surface area contributed by atoms with Crippen LogP contribution in [0.3, 0.4) is 0 Å². The third-order valence-corrected chi connectivity index (χ3v) is 6.56. The standard InChI is InChI=1S/C21H31N3O2/c1-2-7-23-8-10-24(11-9-23)18-6-4-3-5-17(18)13-22-21-14-20(15-21,16-21)12-19(25)26/h3-6,22H,2,7-16H2,1H3,(H,25,26). The van der Waals surface area contributed by atoms with Gasteiger partial charge in [0.25, 0.3) is 0 Å². The molecule has 4 fully saturated rings. The van der Waals surface area contributed by atoms with Gasteiger partial charge in [-0.3, -0.25) is 9.69 Å². The summed E-state index contributed by atoms with van der Waals surface area (Å²) >= 11 is 0. The fraction of sp³-hybridized carbons (Fsp3) is 0.667. The minimum Gasteiger partial charge on any atom is -0.481 e. The third kappa shape index (κ3) is 3.35.